The van der Waals surface area contributed by atoms with Crippen molar-refractivity contribution in [1.82, 2.24) is 14.9 Å². The highest BCUT2D eigenvalue weighted by atomic mass is 16.4. The highest BCUT2D eigenvalue weighted by Crippen LogP contribution is 2.31. The van der Waals surface area contributed by atoms with Crippen LogP contribution in [0.3, 0.4) is 0 Å². The first-order chi connectivity index (χ1) is 18.7. The molecule has 4 aromatic rings. The Bertz CT molecular complexity index is 1540. The molecule has 0 saturated carbocycles. The van der Waals surface area contributed by atoms with E-state index in [1.165, 1.54) is 16.5 Å². The molecule has 202 valence electrons. The number of nitrogens with one attached hydrogen (secondary N) is 1. The molecule has 0 aliphatic rings. The summed E-state index contributed by atoms with van der Waals surface area (Å²) in [5, 5.41) is 13.1. The fraction of sp³-hybridized carbons (Fsp3) is 0.312. The Morgan fingerprint density at radius 2 is 1.67 bits per heavy atom. The maximum absolute atomic E-state index is 13.7. The molecule has 1 aromatic heterocycles. The van der Waals surface area contributed by atoms with E-state index in [0.29, 0.717) is 28.8 Å². The van der Waals surface area contributed by atoms with Crippen molar-refractivity contribution in [1.29, 1.82) is 0 Å². The van der Waals surface area contributed by atoms with Crippen LogP contribution in [0.25, 0.3) is 22.0 Å². The molecule has 2 N–H and O–H groups in total. The lowest BCUT2D eigenvalue weighted by molar-refractivity contribution is -0.138. The SMILES string of the molecule is CC(C)C[C@@H](C(=O)N[C@@H](CC(=O)O)c1cccc(-c2ccccc2C(C)C)c1)n1cnc2ccccc2c1=O. The summed E-state index contributed by atoms with van der Waals surface area (Å²) in [6, 6.07) is 21.2. The van der Waals surface area contributed by atoms with Gasteiger partial charge in [-0.25, -0.2) is 4.98 Å². The van der Waals surface area contributed by atoms with Crippen LogP contribution in [0.2, 0.25) is 0 Å². The van der Waals surface area contributed by atoms with Gasteiger partial charge in [-0.3, -0.25) is 19.0 Å². The summed E-state index contributed by atoms with van der Waals surface area (Å²) in [6.45, 7) is 8.22. The van der Waals surface area contributed by atoms with Gasteiger partial charge < -0.3 is 10.4 Å². The number of nitrogens with zero attached hydrogens (tertiary/aromatic N) is 2. The van der Waals surface area contributed by atoms with E-state index >= 15 is 0 Å². The molecule has 7 nitrogen and oxygen atoms in total. The Balaban J connectivity index is 1.71. The summed E-state index contributed by atoms with van der Waals surface area (Å²) in [6.07, 6.45) is 1.51. The van der Waals surface area contributed by atoms with Gasteiger partial charge in [0, 0.05) is 0 Å². The third-order valence-electron chi connectivity index (χ3n) is 6.90. The van der Waals surface area contributed by atoms with Gasteiger partial charge in [0.2, 0.25) is 5.91 Å². The van der Waals surface area contributed by atoms with E-state index in [2.05, 4.69) is 36.3 Å². The average molecular weight is 526 g/mol. The monoisotopic (exact) mass is 525 g/mol. The van der Waals surface area contributed by atoms with Crippen LogP contribution in [0, 0.1) is 5.92 Å². The van der Waals surface area contributed by atoms with E-state index in [1.807, 2.05) is 56.3 Å². The normalized spacial score (nSPS) is 13.0. The van der Waals surface area contributed by atoms with Crippen molar-refractivity contribution in [2.45, 2.75) is 58.5 Å². The maximum Gasteiger partial charge on any atom is 0.305 e. The number of rotatable bonds is 10. The molecule has 0 saturated heterocycles. The number of aliphatic carboxylic acids is 1. The standard InChI is InChI=1S/C32H35N3O4/c1-20(2)16-29(35-19-33-27-15-8-7-14-26(27)32(35)39)31(38)34-28(18-30(36)37)23-11-9-10-22(17-23)25-13-6-5-12-24(25)21(3)4/h5-15,17,19-21,28-29H,16,18H2,1-4H3,(H,34,38)(H,36,37)/t28-,29-/m0/s1. The smallest absolute Gasteiger partial charge is 0.305 e. The third-order valence-corrected chi connectivity index (χ3v) is 6.90. The maximum atomic E-state index is 13.7. The van der Waals surface area contributed by atoms with Crippen molar-refractivity contribution in [3.8, 4) is 11.1 Å². The van der Waals surface area contributed by atoms with Crippen molar-refractivity contribution >= 4 is 22.8 Å². The molecule has 1 amide bonds. The van der Waals surface area contributed by atoms with E-state index in [1.54, 1.807) is 18.2 Å². The number of hydrogen-bond acceptors (Lipinski definition) is 4. The fourth-order valence-corrected chi connectivity index (χ4v) is 4.98. The first kappa shape index (κ1) is 27.8. The van der Waals surface area contributed by atoms with Crippen LogP contribution in [0.5, 0.6) is 0 Å². The minimum atomic E-state index is -1.03. The first-order valence-electron chi connectivity index (χ1n) is 13.3. The summed E-state index contributed by atoms with van der Waals surface area (Å²) in [5.41, 5.74) is 4.16. The van der Waals surface area contributed by atoms with Gasteiger partial charge in [0.15, 0.2) is 0 Å². The third kappa shape index (κ3) is 6.42. The van der Waals surface area contributed by atoms with Crippen LogP contribution in [0.15, 0.2) is 83.9 Å². The number of carboxylic acids is 1. The predicted octanol–water partition coefficient (Wildman–Crippen LogP) is 6.11. The molecule has 0 aliphatic heterocycles. The number of carbonyl (C=O) groups excluding carboxylic acids is 1. The predicted molar refractivity (Wildman–Crippen MR) is 154 cm³/mol. The molecule has 3 aromatic carbocycles. The van der Waals surface area contributed by atoms with Crippen LogP contribution < -0.4 is 10.9 Å². The highest BCUT2D eigenvalue weighted by molar-refractivity contribution is 5.83. The van der Waals surface area contributed by atoms with Crippen LogP contribution in [-0.4, -0.2) is 26.5 Å². The second-order valence-electron chi connectivity index (χ2n) is 10.6. The molecule has 7 heteroatoms. The van der Waals surface area contributed by atoms with Crippen LogP contribution >= 0.6 is 0 Å². The number of fused-ring (bicyclic) bond motifs is 1. The summed E-state index contributed by atoms with van der Waals surface area (Å²) in [7, 11) is 0. The number of hydrogen-bond donors (Lipinski definition) is 2. The van der Waals surface area contributed by atoms with Crippen LogP contribution in [0.1, 0.15) is 69.7 Å². The summed E-state index contributed by atoms with van der Waals surface area (Å²) in [4.78, 5) is 43.3. The number of benzene rings is 3. The largest absolute Gasteiger partial charge is 0.481 e. The van der Waals surface area contributed by atoms with Gasteiger partial charge in [-0.1, -0.05) is 82.3 Å². The van der Waals surface area contributed by atoms with Gasteiger partial charge in [-0.05, 0) is 58.7 Å². The molecule has 2 atom stereocenters. The van der Waals surface area contributed by atoms with E-state index in [-0.39, 0.29) is 17.9 Å². The van der Waals surface area contributed by atoms with Gasteiger partial charge in [-0.2, -0.15) is 0 Å². The fourth-order valence-electron chi connectivity index (χ4n) is 4.98. The molecule has 0 bridgehead atoms. The van der Waals surface area contributed by atoms with Gasteiger partial charge in [0.05, 0.1) is 29.7 Å². The van der Waals surface area contributed by atoms with Crippen molar-refractivity contribution in [3.05, 3.63) is 101 Å². The Morgan fingerprint density at radius 3 is 2.38 bits per heavy atom. The van der Waals surface area contributed by atoms with Gasteiger partial charge in [0.1, 0.15) is 6.04 Å². The van der Waals surface area contributed by atoms with Gasteiger partial charge in [-0.15, -0.1) is 0 Å². The summed E-state index contributed by atoms with van der Waals surface area (Å²) >= 11 is 0. The molecule has 0 fully saturated rings. The molecule has 39 heavy (non-hydrogen) atoms. The minimum absolute atomic E-state index is 0.105. The Labute approximate surface area is 228 Å². The van der Waals surface area contributed by atoms with E-state index < -0.39 is 24.0 Å². The number of carboxylic acid groups (broad SMARTS) is 1. The number of amides is 1. The van der Waals surface area contributed by atoms with E-state index in [4.69, 9.17) is 0 Å². The Morgan fingerprint density at radius 1 is 0.949 bits per heavy atom. The second kappa shape index (κ2) is 12.1. The van der Waals surface area contributed by atoms with Crippen molar-refractivity contribution in [2.75, 3.05) is 0 Å². The first-order valence-corrected chi connectivity index (χ1v) is 13.3. The summed E-state index contributed by atoms with van der Waals surface area (Å²) in [5.74, 6) is -1.03. The van der Waals surface area contributed by atoms with E-state index in [9.17, 15) is 19.5 Å². The van der Waals surface area contributed by atoms with Gasteiger partial charge >= 0.3 is 5.97 Å². The zero-order chi connectivity index (χ0) is 28.1. The van der Waals surface area contributed by atoms with Crippen LogP contribution in [0.4, 0.5) is 0 Å². The lowest BCUT2D eigenvalue weighted by Gasteiger charge is -2.25. The molecule has 1 heterocycles. The lowest BCUT2D eigenvalue weighted by atomic mass is 9.90. The number of para-hydroxylation sites is 1. The molecule has 0 aliphatic carbocycles. The van der Waals surface area contributed by atoms with Crippen LogP contribution in [-0.2, 0) is 9.59 Å². The average Bonchev–Trinajstić information content (AvgIpc) is 2.91. The van der Waals surface area contributed by atoms with Gasteiger partial charge in [0.25, 0.3) is 5.56 Å². The summed E-state index contributed by atoms with van der Waals surface area (Å²) < 4.78 is 1.37. The topological polar surface area (TPSA) is 101 Å². The van der Waals surface area contributed by atoms with Crippen molar-refractivity contribution in [3.63, 3.8) is 0 Å². The molecule has 4 rings (SSSR count). The highest BCUT2D eigenvalue weighted by Gasteiger charge is 2.27. The van der Waals surface area contributed by atoms with E-state index in [0.717, 1.165) is 11.1 Å². The molecular weight excluding hydrogens is 490 g/mol. The van der Waals surface area contributed by atoms with Crippen molar-refractivity contribution < 1.29 is 14.7 Å². The Hall–Kier alpha value is -4.26. The molecule has 0 radical (unpaired) electrons. The zero-order valence-corrected chi connectivity index (χ0v) is 22.8. The Kier molecular flexibility index (Phi) is 8.59. The molecule has 0 spiro atoms. The molecule has 0 unspecified atom stereocenters. The van der Waals surface area contributed by atoms with Crippen molar-refractivity contribution in [2.24, 2.45) is 5.92 Å². The quantitative estimate of drug-likeness (QED) is 0.260. The molecular formula is C32H35N3O4. The number of aromatic nitrogens is 2. The minimum Gasteiger partial charge on any atom is -0.481 e. The lowest BCUT2D eigenvalue weighted by Crippen LogP contribution is -2.40. The second-order valence-corrected chi connectivity index (χ2v) is 10.6. The number of carbonyl (C=O) groups is 2. The zero-order valence-electron chi connectivity index (χ0n) is 22.8.